The monoisotopic (exact) mass is 326 g/mol. The van der Waals surface area contributed by atoms with Gasteiger partial charge >= 0.3 is 0 Å². The Morgan fingerprint density at radius 1 is 0.950 bits per heavy atom. The van der Waals surface area contributed by atoms with Crippen molar-refractivity contribution in [3.05, 3.63) is 0 Å². The van der Waals surface area contributed by atoms with Gasteiger partial charge in [0, 0.05) is 27.7 Å². The molecule has 1 unspecified atom stereocenters. The normalized spacial score (nSPS) is 14.3. The van der Waals surface area contributed by atoms with Gasteiger partial charge in [-0.2, -0.15) is 0 Å². The van der Waals surface area contributed by atoms with Crippen LogP contribution in [0.1, 0.15) is 59.3 Å². The van der Waals surface area contributed by atoms with Crippen LogP contribution < -0.4 is 4.89 Å². The Bertz CT molecular complexity index is 230. The van der Waals surface area contributed by atoms with Gasteiger partial charge in [0.25, 0.3) is 0 Å². The zero-order chi connectivity index (χ0) is 16.1. The first-order valence-corrected chi connectivity index (χ1v) is 12.7. The summed E-state index contributed by atoms with van der Waals surface area (Å²) in [5.74, 6) is 0. The molecule has 0 radical (unpaired) electrons. The summed E-state index contributed by atoms with van der Waals surface area (Å²) < 4.78 is 13.7. The molecule has 3 nitrogen and oxygen atoms in total. The molecule has 0 fully saturated rings. The fraction of sp³-hybridized carbons (Fsp3) is 1.00. The van der Waals surface area contributed by atoms with Crippen LogP contribution in [0, 0.1) is 0 Å². The first-order chi connectivity index (χ1) is 9.24. The Kier molecular flexibility index (Phi) is 15.1. The predicted molar refractivity (Wildman–Crippen MR) is 92.7 cm³/mol. The Morgan fingerprint density at radius 2 is 1.20 bits per heavy atom. The second kappa shape index (κ2) is 13.3. The number of rotatable bonds is 10. The summed E-state index contributed by atoms with van der Waals surface area (Å²) in [4.78, 5) is 9.81. The fourth-order valence-corrected chi connectivity index (χ4v) is 5.86. The van der Waals surface area contributed by atoms with Gasteiger partial charge in [-0.15, -0.1) is 0 Å². The van der Waals surface area contributed by atoms with E-state index in [0.29, 0.717) is 0 Å². The summed E-state index contributed by atoms with van der Waals surface area (Å²) in [6, 6.07) is 0. The maximum Gasteiger partial charge on any atom is 0.131 e. The first kappa shape index (κ1) is 22.9. The zero-order valence-corrected chi connectivity index (χ0v) is 16.3. The molecule has 0 rings (SSSR count). The molecule has 0 bridgehead atoms. The lowest BCUT2D eigenvalue weighted by Crippen LogP contribution is -2.07. The Labute approximate surface area is 127 Å². The van der Waals surface area contributed by atoms with Crippen molar-refractivity contribution in [3.63, 3.8) is 0 Å². The standard InChI is InChI=1S/C13H30P.C2H7O3P/c1-5-8-11-14(4,12-9-6-2)13-10-7-3;1-5-6(2,3)4/h5-13H2,1-4H3;1-2H3,(H,3,4)/q+1;/p-1. The average Bonchev–Trinajstić information content (AvgIpc) is 2.41. The molecular weight excluding hydrogens is 290 g/mol. The van der Waals surface area contributed by atoms with E-state index in [9.17, 15) is 9.46 Å². The van der Waals surface area contributed by atoms with E-state index < -0.39 is 14.9 Å². The minimum Gasteiger partial charge on any atom is -0.779 e. The highest BCUT2D eigenvalue weighted by molar-refractivity contribution is 7.75. The Morgan fingerprint density at radius 3 is 1.35 bits per heavy atom. The molecule has 0 aliphatic carbocycles. The van der Waals surface area contributed by atoms with Crippen LogP contribution in [0.15, 0.2) is 0 Å². The highest BCUT2D eigenvalue weighted by atomic mass is 31.2. The van der Waals surface area contributed by atoms with Crippen molar-refractivity contribution in [2.75, 3.05) is 38.9 Å². The summed E-state index contributed by atoms with van der Waals surface area (Å²) >= 11 is 0. The average molecular weight is 326 g/mol. The molecular formula is C15H36O3P2. The smallest absolute Gasteiger partial charge is 0.131 e. The van der Waals surface area contributed by atoms with Crippen LogP contribution in [0.25, 0.3) is 0 Å². The molecule has 0 aromatic heterocycles. The van der Waals surface area contributed by atoms with Gasteiger partial charge in [0.05, 0.1) is 18.5 Å². The molecule has 0 N–H and O–H groups in total. The van der Waals surface area contributed by atoms with Crippen molar-refractivity contribution in [3.8, 4) is 0 Å². The van der Waals surface area contributed by atoms with Gasteiger partial charge in [-0.25, -0.2) is 0 Å². The van der Waals surface area contributed by atoms with Gasteiger partial charge in [0.15, 0.2) is 0 Å². The number of hydrogen-bond donors (Lipinski definition) is 0. The predicted octanol–water partition coefficient (Wildman–Crippen LogP) is 4.85. The van der Waals surface area contributed by atoms with E-state index in [4.69, 9.17) is 0 Å². The lowest BCUT2D eigenvalue weighted by Gasteiger charge is -2.22. The molecule has 0 saturated heterocycles. The van der Waals surface area contributed by atoms with Crippen LogP contribution >= 0.6 is 14.9 Å². The van der Waals surface area contributed by atoms with Crippen LogP contribution in [-0.2, 0) is 9.09 Å². The summed E-state index contributed by atoms with van der Waals surface area (Å²) in [5, 5.41) is 0. The molecule has 0 heterocycles. The van der Waals surface area contributed by atoms with Crippen molar-refractivity contribution < 1.29 is 14.0 Å². The summed E-state index contributed by atoms with van der Waals surface area (Å²) in [5.41, 5.74) is 0. The van der Waals surface area contributed by atoms with Gasteiger partial charge in [0.1, 0.15) is 7.60 Å². The van der Waals surface area contributed by atoms with Gasteiger partial charge in [-0.3, -0.25) is 0 Å². The van der Waals surface area contributed by atoms with Crippen molar-refractivity contribution >= 4 is 14.9 Å². The topological polar surface area (TPSA) is 49.4 Å². The van der Waals surface area contributed by atoms with E-state index in [1.54, 1.807) is 18.5 Å². The fourth-order valence-electron chi connectivity index (χ4n) is 1.95. The van der Waals surface area contributed by atoms with Crippen molar-refractivity contribution in [2.24, 2.45) is 0 Å². The maximum absolute atomic E-state index is 9.81. The molecule has 5 heteroatoms. The molecule has 20 heavy (non-hydrogen) atoms. The van der Waals surface area contributed by atoms with Crippen LogP contribution in [-0.4, -0.2) is 38.9 Å². The third kappa shape index (κ3) is 16.6. The quantitative estimate of drug-likeness (QED) is 0.539. The zero-order valence-electron chi connectivity index (χ0n) is 14.5. The van der Waals surface area contributed by atoms with E-state index in [1.807, 2.05) is 0 Å². The molecule has 0 aromatic carbocycles. The highest BCUT2D eigenvalue weighted by Crippen LogP contribution is 2.57. The van der Waals surface area contributed by atoms with Gasteiger partial charge < -0.3 is 14.0 Å². The van der Waals surface area contributed by atoms with Crippen molar-refractivity contribution in [2.45, 2.75) is 59.3 Å². The SMILES string of the molecule is CCCC[P+](C)(CCCC)CCCC.COP(C)(=O)[O-]. The Balaban J connectivity index is 0. The third-order valence-corrected chi connectivity index (χ3v) is 8.34. The molecule has 124 valence electrons. The maximum atomic E-state index is 9.81. The van der Waals surface area contributed by atoms with E-state index in [2.05, 4.69) is 32.0 Å². The van der Waals surface area contributed by atoms with Gasteiger partial charge in [-0.1, -0.05) is 40.0 Å². The second-order valence-electron chi connectivity index (χ2n) is 5.80. The van der Waals surface area contributed by atoms with Crippen LogP contribution in [0.5, 0.6) is 0 Å². The molecule has 0 spiro atoms. The minimum absolute atomic E-state index is 0.519. The number of hydrogen-bond acceptors (Lipinski definition) is 3. The van der Waals surface area contributed by atoms with Gasteiger partial charge in [0.2, 0.25) is 0 Å². The molecule has 0 aliphatic rings. The minimum atomic E-state index is -3.40. The lowest BCUT2D eigenvalue weighted by atomic mass is 10.4. The Hall–Kier alpha value is 0.580. The summed E-state index contributed by atoms with van der Waals surface area (Å²) in [7, 11) is -2.78. The first-order valence-electron chi connectivity index (χ1n) is 7.92. The summed E-state index contributed by atoms with van der Waals surface area (Å²) in [6.45, 7) is 10.6. The highest BCUT2D eigenvalue weighted by Gasteiger charge is 2.28. The van der Waals surface area contributed by atoms with E-state index >= 15 is 0 Å². The lowest BCUT2D eigenvalue weighted by molar-refractivity contribution is -0.194. The molecule has 0 aromatic rings. The van der Waals surface area contributed by atoms with E-state index in [1.165, 1.54) is 38.5 Å². The largest absolute Gasteiger partial charge is 0.779 e. The number of unbranched alkanes of at least 4 members (excludes halogenated alkanes) is 3. The van der Waals surface area contributed by atoms with Crippen LogP contribution in [0.2, 0.25) is 0 Å². The molecule has 0 saturated carbocycles. The van der Waals surface area contributed by atoms with E-state index in [0.717, 1.165) is 13.8 Å². The third-order valence-electron chi connectivity index (χ3n) is 3.49. The molecule has 0 aliphatic heterocycles. The van der Waals surface area contributed by atoms with Gasteiger partial charge in [-0.05, 0) is 19.3 Å². The van der Waals surface area contributed by atoms with E-state index in [-0.39, 0.29) is 0 Å². The second-order valence-corrected chi connectivity index (χ2v) is 12.3. The van der Waals surface area contributed by atoms with Crippen molar-refractivity contribution in [1.82, 2.24) is 0 Å². The molecule has 1 atom stereocenters. The summed E-state index contributed by atoms with van der Waals surface area (Å²) in [6.07, 6.45) is 13.2. The van der Waals surface area contributed by atoms with Crippen LogP contribution in [0.3, 0.4) is 0 Å². The van der Waals surface area contributed by atoms with Crippen LogP contribution in [0.4, 0.5) is 0 Å². The van der Waals surface area contributed by atoms with Crippen molar-refractivity contribution in [1.29, 1.82) is 0 Å². The molecule has 0 amide bonds.